The first-order valence-electron chi connectivity index (χ1n) is 4.61. The molecule has 0 aliphatic carbocycles. The van der Waals surface area contributed by atoms with E-state index >= 15 is 0 Å². The Labute approximate surface area is 75.1 Å². The van der Waals surface area contributed by atoms with Crippen LogP contribution in [0, 0.1) is 0 Å². The molecule has 3 nitrogen and oxygen atoms in total. The first kappa shape index (κ1) is 11.4. The predicted molar refractivity (Wildman–Crippen MR) is 51.1 cm³/mol. The van der Waals surface area contributed by atoms with E-state index < -0.39 is 0 Å². The molecule has 3 heteroatoms. The molecular weight excluding hydrogens is 152 g/mol. The Morgan fingerprint density at radius 2 is 2.08 bits per heavy atom. The van der Waals surface area contributed by atoms with Crippen LogP contribution in [0.4, 0.5) is 0 Å². The summed E-state index contributed by atoms with van der Waals surface area (Å²) in [4.78, 5) is 12.5. The summed E-state index contributed by atoms with van der Waals surface area (Å²) < 4.78 is 0. The van der Waals surface area contributed by atoms with Gasteiger partial charge in [0.2, 0.25) is 5.91 Å². The molecule has 0 radical (unpaired) electrons. The number of hydrogen-bond donors (Lipinski definition) is 1. The smallest absolute Gasteiger partial charge is 0.219 e. The topological polar surface area (TPSA) is 32.3 Å². The van der Waals surface area contributed by atoms with Gasteiger partial charge < -0.3 is 10.2 Å². The molecule has 0 atom stereocenters. The van der Waals surface area contributed by atoms with Gasteiger partial charge in [0.05, 0.1) is 0 Å². The highest BCUT2D eigenvalue weighted by Gasteiger charge is 1.99. The van der Waals surface area contributed by atoms with Crippen molar-refractivity contribution < 1.29 is 4.79 Å². The summed E-state index contributed by atoms with van der Waals surface area (Å²) in [6.07, 6.45) is 2.43. The van der Waals surface area contributed by atoms with Gasteiger partial charge in [-0.3, -0.25) is 4.79 Å². The summed E-state index contributed by atoms with van der Waals surface area (Å²) in [5.41, 5.74) is 0. The lowest BCUT2D eigenvalue weighted by Gasteiger charge is -2.14. The fourth-order valence-corrected chi connectivity index (χ4v) is 0.831. The first-order valence-corrected chi connectivity index (χ1v) is 4.61. The molecule has 0 aliphatic rings. The molecule has 12 heavy (non-hydrogen) atoms. The molecule has 0 saturated carbocycles. The quantitative estimate of drug-likeness (QED) is 0.603. The number of unbranched alkanes of at least 4 members (excludes halogenated alkanes) is 1. The van der Waals surface area contributed by atoms with Crippen LogP contribution >= 0.6 is 0 Å². The molecule has 0 fully saturated rings. The molecule has 0 aliphatic heterocycles. The largest absolute Gasteiger partial charge is 0.345 e. The van der Waals surface area contributed by atoms with E-state index in [1.807, 2.05) is 7.05 Å². The van der Waals surface area contributed by atoms with Crippen LogP contribution < -0.4 is 5.32 Å². The molecule has 1 amide bonds. The maximum atomic E-state index is 10.8. The fourth-order valence-electron chi connectivity index (χ4n) is 0.831. The summed E-state index contributed by atoms with van der Waals surface area (Å²) in [6.45, 7) is 6.52. The summed E-state index contributed by atoms with van der Waals surface area (Å²) in [5, 5.41) is 3.28. The van der Waals surface area contributed by atoms with Crippen LogP contribution in [0.25, 0.3) is 0 Å². The molecule has 0 aromatic rings. The SMILES string of the molecule is CCCCNCCN(C)C(C)=O. The number of carbonyl (C=O) groups is 1. The third kappa shape index (κ3) is 6.16. The Balaban J connectivity index is 3.14. The zero-order valence-corrected chi connectivity index (χ0v) is 8.39. The van der Waals surface area contributed by atoms with Crippen molar-refractivity contribution >= 4 is 5.91 Å². The van der Waals surface area contributed by atoms with Gasteiger partial charge in [-0.15, -0.1) is 0 Å². The van der Waals surface area contributed by atoms with Crippen LogP contribution in [-0.4, -0.2) is 37.5 Å². The number of nitrogens with one attached hydrogen (secondary N) is 1. The van der Waals surface area contributed by atoms with E-state index in [4.69, 9.17) is 0 Å². The van der Waals surface area contributed by atoms with E-state index in [0.717, 1.165) is 19.6 Å². The average molecular weight is 172 g/mol. The van der Waals surface area contributed by atoms with Crippen molar-refractivity contribution in [2.45, 2.75) is 26.7 Å². The van der Waals surface area contributed by atoms with Crippen LogP contribution in [0.5, 0.6) is 0 Å². The van der Waals surface area contributed by atoms with Crippen LogP contribution in [-0.2, 0) is 4.79 Å². The number of hydrogen-bond acceptors (Lipinski definition) is 2. The molecule has 0 spiro atoms. The Kier molecular flexibility index (Phi) is 6.76. The minimum Gasteiger partial charge on any atom is -0.345 e. The molecule has 0 aromatic carbocycles. The molecule has 0 unspecified atom stereocenters. The number of carbonyl (C=O) groups excluding carboxylic acids is 1. The van der Waals surface area contributed by atoms with Crippen LogP contribution in [0.15, 0.2) is 0 Å². The van der Waals surface area contributed by atoms with Gasteiger partial charge in [-0.2, -0.15) is 0 Å². The third-order valence-corrected chi connectivity index (χ3v) is 1.87. The van der Waals surface area contributed by atoms with E-state index in [-0.39, 0.29) is 5.91 Å². The lowest BCUT2D eigenvalue weighted by molar-refractivity contribution is -0.127. The normalized spacial score (nSPS) is 9.92. The van der Waals surface area contributed by atoms with Crippen molar-refractivity contribution in [3.05, 3.63) is 0 Å². The summed E-state index contributed by atoms with van der Waals surface area (Å²) >= 11 is 0. The highest BCUT2D eigenvalue weighted by Crippen LogP contribution is 1.83. The monoisotopic (exact) mass is 172 g/mol. The Hall–Kier alpha value is -0.570. The van der Waals surface area contributed by atoms with Crippen molar-refractivity contribution in [1.82, 2.24) is 10.2 Å². The molecule has 1 N–H and O–H groups in total. The van der Waals surface area contributed by atoms with Gasteiger partial charge >= 0.3 is 0 Å². The molecule has 72 valence electrons. The van der Waals surface area contributed by atoms with E-state index in [0.29, 0.717) is 0 Å². The Morgan fingerprint density at radius 1 is 1.42 bits per heavy atom. The molecule has 0 aromatic heterocycles. The summed E-state index contributed by atoms with van der Waals surface area (Å²) in [7, 11) is 1.82. The molecule has 0 bridgehead atoms. The predicted octanol–water partition coefficient (Wildman–Crippen LogP) is 0.854. The van der Waals surface area contributed by atoms with Crippen LogP contribution in [0.3, 0.4) is 0 Å². The molecule has 0 saturated heterocycles. The van der Waals surface area contributed by atoms with Crippen molar-refractivity contribution in [1.29, 1.82) is 0 Å². The van der Waals surface area contributed by atoms with E-state index in [2.05, 4.69) is 12.2 Å². The Bertz CT molecular complexity index is 126. The lowest BCUT2D eigenvalue weighted by Crippen LogP contribution is -2.32. The van der Waals surface area contributed by atoms with Gasteiger partial charge in [0, 0.05) is 27.1 Å². The lowest BCUT2D eigenvalue weighted by atomic mass is 10.3. The van der Waals surface area contributed by atoms with E-state index in [1.165, 1.54) is 12.8 Å². The van der Waals surface area contributed by atoms with Gasteiger partial charge in [-0.25, -0.2) is 0 Å². The molecular formula is C9H20N2O. The van der Waals surface area contributed by atoms with Gasteiger partial charge in [-0.05, 0) is 13.0 Å². The number of nitrogens with zero attached hydrogens (tertiary/aromatic N) is 1. The van der Waals surface area contributed by atoms with Crippen molar-refractivity contribution in [3.8, 4) is 0 Å². The number of rotatable bonds is 6. The van der Waals surface area contributed by atoms with Crippen LogP contribution in [0.1, 0.15) is 26.7 Å². The van der Waals surface area contributed by atoms with Crippen molar-refractivity contribution in [3.63, 3.8) is 0 Å². The summed E-state index contributed by atoms with van der Waals surface area (Å²) in [6, 6.07) is 0. The maximum absolute atomic E-state index is 10.8. The highest BCUT2D eigenvalue weighted by atomic mass is 16.2. The zero-order chi connectivity index (χ0) is 9.40. The van der Waals surface area contributed by atoms with Gasteiger partial charge in [-0.1, -0.05) is 13.3 Å². The minimum absolute atomic E-state index is 0.132. The van der Waals surface area contributed by atoms with Gasteiger partial charge in [0.1, 0.15) is 0 Å². The molecule has 0 rings (SSSR count). The van der Waals surface area contributed by atoms with Crippen molar-refractivity contribution in [2.75, 3.05) is 26.7 Å². The zero-order valence-electron chi connectivity index (χ0n) is 8.39. The van der Waals surface area contributed by atoms with Crippen LogP contribution in [0.2, 0.25) is 0 Å². The number of amides is 1. The first-order chi connectivity index (χ1) is 5.68. The second-order valence-corrected chi connectivity index (χ2v) is 3.04. The summed E-state index contributed by atoms with van der Waals surface area (Å²) in [5.74, 6) is 0.132. The highest BCUT2D eigenvalue weighted by molar-refractivity contribution is 5.72. The maximum Gasteiger partial charge on any atom is 0.219 e. The van der Waals surface area contributed by atoms with Gasteiger partial charge in [0.15, 0.2) is 0 Å². The molecule has 0 heterocycles. The second kappa shape index (κ2) is 7.10. The number of likely N-dealkylation sites (N-methyl/N-ethyl adjacent to an activating group) is 1. The fraction of sp³-hybridized carbons (Fsp3) is 0.889. The van der Waals surface area contributed by atoms with E-state index in [9.17, 15) is 4.79 Å². The minimum atomic E-state index is 0.132. The van der Waals surface area contributed by atoms with E-state index in [1.54, 1.807) is 11.8 Å². The van der Waals surface area contributed by atoms with Crippen molar-refractivity contribution in [2.24, 2.45) is 0 Å². The average Bonchev–Trinajstić information content (AvgIpc) is 2.03. The Morgan fingerprint density at radius 3 is 2.58 bits per heavy atom. The second-order valence-electron chi connectivity index (χ2n) is 3.04. The van der Waals surface area contributed by atoms with Gasteiger partial charge in [0.25, 0.3) is 0 Å². The third-order valence-electron chi connectivity index (χ3n) is 1.87. The standard InChI is InChI=1S/C9H20N2O/c1-4-5-6-10-7-8-11(3)9(2)12/h10H,4-8H2,1-3H3.